The molecule has 6 heteroatoms. The molecule has 2 amide bonds. The SMILES string of the molecule is COCC(=O)N1CCN(C(=O)CCC(C)O)CC1. The van der Waals surface area contributed by atoms with Gasteiger partial charge in [0.25, 0.3) is 0 Å². The molecule has 0 radical (unpaired) electrons. The number of ether oxygens (including phenoxy) is 1. The van der Waals surface area contributed by atoms with Crippen molar-refractivity contribution in [1.82, 2.24) is 9.80 Å². The summed E-state index contributed by atoms with van der Waals surface area (Å²) in [5.74, 6) is 0.0170. The third-order valence-corrected chi connectivity index (χ3v) is 3.03. The Morgan fingerprint density at radius 3 is 2.11 bits per heavy atom. The van der Waals surface area contributed by atoms with Gasteiger partial charge >= 0.3 is 0 Å². The van der Waals surface area contributed by atoms with Crippen LogP contribution in [0.3, 0.4) is 0 Å². The molecule has 1 saturated heterocycles. The van der Waals surface area contributed by atoms with E-state index in [1.54, 1.807) is 16.7 Å². The Morgan fingerprint density at radius 2 is 1.67 bits per heavy atom. The van der Waals surface area contributed by atoms with Crippen molar-refractivity contribution in [2.24, 2.45) is 0 Å². The molecule has 104 valence electrons. The number of rotatable bonds is 5. The maximum Gasteiger partial charge on any atom is 0.248 e. The molecule has 0 aromatic heterocycles. The van der Waals surface area contributed by atoms with E-state index < -0.39 is 6.10 Å². The minimum Gasteiger partial charge on any atom is -0.393 e. The summed E-state index contributed by atoms with van der Waals surface area (Å²) in [6.07, 6.45) is 0.407. The third-order valence-electron chi connectivity index (χ3n) is 3.03. The highest BCUT2D eigenvalue weighted by Crippen LogP contribution is 2.06. The lowest BCUT2D eigenvalue weighted by molar-refractivity contribution is -0.142. The van der Waals surface area contributed by atoms with Gasteiger partial charge in [0.2, 0.25) is 11.8 Å². The zero-order chi connectivity index (χ0) is 13.5. The van der Waals surface area contributed by atoms with Crippen LogP contribution in [0.25, 0.3) is 0 Å². The molecule has 0 aromatic carbocycles. The molecule has 1 fully saturated rings. The van der Waals surface area contributed by atoms with E-state index in [9.17, 15) is 9.59 Å². The van der Waals surface area contributed by atoms with Crippen LogP contribution in [0.4, 0.5) is 0 Å². The highest BCUT2D eigenvalue weighted by atomic mass is 16.5. The fraction of sp³-hybridized carbons (Fsp3) is 0.833. The van der Waals surface area contributed by atoms with Crippen molar-refractivity contribution in [3.63, 3.8) is 0 Å². The zero-order valence-corrected chi connectivity index (χ0v) is 11.1. The van der Waals surface area contributed by atoms with Gasteiger partial charge in [-0.2, -0.15) is 0 Å². The predicted octanol–water partition coefficient (Wildman–Crippen LogP) is -0.535. The quantitative estimate of drug-likeness (QED) is 0.719. The van der Waals surface area contributed by atoms with Crippen LogP contribution in [-0.2, 0) is 14.3 Å². The van der Waals surface area contributed by atoms with Crippen molar-refractivity contribution in [2.75, 3.05) is 39.9 Å². The van der Waals surface area contributed by atoms with Gasteiger partial charge in [-0.25, -0.2) is 0 Å². The molecule has 0 aliphatic carbocycles. The summed E-state index contributed by atoms with van der Waals surface area (Å²) in [5, 5.41) is 9.14. The minimum absolute atomic E-state index is 0.0337. The number of methoxy groups -OCH3 is 1. The van der Waals surface area contributed by atoms with Gasteiger partial charge in [0.15, 0.2) is 0 Å². The number of nitrogens with zero attached hydrogens (tertiary/aromatic N) is 2. The van der Waals surface area contributed by atoms with E-state index in [1.807, 2.05) is 0 Å². The fourth-order valence-electron chi connectivity index (χ4n) is 1.91. The summed E-state index contributed by atoms with van der Waals surface area (Å²) in [4.78, 5) is 26.8. The predicted molar refractivity (Wildman–Crippen MR) is 66.0 cm³/mol. The van der Waals surface area contributed by atoms with E-state index in [2.05, 4.69) is 0 Å². The Morgan fingerprint density at radius 1 is 1.17 bits per heavy atom. The molecule has 0 aromatic rings. The van der Waals surface area contributed by atoms with Crippen LogP contribution in [0, 0.1) is 0 Å². The van der Waals surface area contributed by atoms with E-state index in [-0.39, 0.29) is 18.4 Å². The lowest BCUT2D eigenvalue weighted by Gasteiger charge is -2.34. The zero-order valence-electron chi connectivity index (χ0n) is 11.1. The highest BCUT2D eigenvalue weighted by molar-refractivity contribution is 5.79. The third kappa shape index (κ3) is 4.62. The standard InChI is InChI=1S/C12H22N2O4/c1-10(15)3-4-11(16)13-5-7-14(8-6-13)12(17)9-18-2/h10,15H,3-9H2,1-2H3. The van der Waals surface area contributed by atoms with Crippen molar-refractivity contribution >= 4 is 11.8 Å². The number of amides is 2. The van der Waals surface area contributed by atoms with Gasteiger partial charge < -0.3 is 19.6 Å². The average Bonchev–Trinajstić information content (AvgIpc) is 2.36. The molecule has 0 spiro atoms. The van der Waals surface area contributed by atoms with Gasteiger partial charge in [-0.15, -0.1) is 0 Å². The summed E-state index contributed by atoms with van der Waals surface area (Å²) in [7, 11) is 1.49. The minimum atomic E-state index is -0.446. The van der Waals surface area contributed by atoms with Crippen LogP contribution in [-0.4, -0.2) is 72.7 Å². The molecule has 0 bridgehead atoms. The Hall–Kier alpha value is -1.14. The lowest BCUT2D eigenvalue weighted by atomic mass is 10.2. The second-order valence-corrected chi connectivity index (χ2v) is 4.58. The summed E-state index contributed by atoms with van der Waals surface area (Å²) in [6.45, 7) is 4.01. The van der Waals surface area contributed by atoms with Crippen LogP contribution >= 0.6 is 0 Å². The Balaban J connectivity index is 2.30. The molecule has 6 nitrogen and oxygen atoms in total. The van der Waals surface area contributed by atoms with Crippen LogP contribution in [0.15, 0.2) is 0 Å². The second-order valence-electron chi connectivity index (χ2n) is 4.58. The van der Waals surface area contributed by atoms with Crippen molar-refractivity contribution < 1.29 is 19.4 Å². The first-order chi connectivity index (χ1) is 8.54. The summed E-state index contributed by atoms with van der Waals surface area (Å²) >= 11 is 0. The number of piperazine rings is 1. The first kappa shape index (κ1) is 14.9. The molecule has 18 heavy (non-hydrogen) atoms. The Kier molecular flexibility index (Phi) is 6.07. The highest BCUT2D eigenvalue weighted by Gasteiger charge is 2.23. The molecule has 1 heterocycles. The monoisotopic (exact) mass is 258 g/mol. The smallest absolute Gasteiger partial charge is 0.248 e. The van der Waals surface area contributed by atoms with Crippen molar-refractivity contribution in [3.05, 3.63) is 0 Å². The summed E-state index contributed by atoms with van der Waals surface area (Å²) < 4.78 is 4.80. The summed E-state index contributed by atoms with van der Waals surface area (Å²) in [5.41, 5.74) is 0. The van der Waals surface area contributed by atoms with Crippen molar-refractivity contribution in [3.8, 4) is 0 Å². The number of hydrogen-bond acceptors (Lipinski definition) is 4. The van der Waals surface area contributed by atoms with Gasteiger partial charge in [0.1, 0.15) is 6.61 Å². The maximum absolute atomic E-state index is 11.8. The topological polar surface area (TPSA) is 70.1 Å². The van der Waals surface area contributed by atoms with Crippen molar-refractivity contribution in [1.29, 1.82) is 0 Å². The summed E-state index contributed by atoms with van der Waals surface area (Å²) in [6, 6.07) is 0. The molecule has 1 atom stereocenters. The maximum atomic E-state index is 11.8. The van der Waals surface area contributed by atoms with Crippen LogP contribution in [0.5, 0.6) is 0 Å². The van der Waals surface area contributed by atoms with E-state index in [0.717, 1.165) is 0 Å². The number of carbonyl (C=O) groups is 2. The van der Waals surface area contributed by atoms with Gasteiger partial charge in [-0.3, -0.25) is 9.59 Å². The number of aliphatic hydroxyl groups excluding tert-OH is 1. The van der Waals surface area contributed by atoms with Gasteiger partial charge in [-0.1, -0.05) is 0 Å². The fourth-order valence-corrected chi connectivity index (χ4v) is 1.91. The Labute approximate surface area is 107 Å². The van der Waals surface area contributed by atoms with Gasteiger partial charge in [0.05, 0.1) is 6.10 Å². The lowest BCUT2D eigenvalue weighted by Crippen LogP contribution is -2.51. The molecule has 1 aliphatic rings. The molecule has 1 aliphatic heterocycles. The van der Waals surface area contributed by atoms with Crippen molar-refractivity contribution in [2.45, 2.75) is 25.9 Å². The molecule has 1 rings (SSSR count). The van der Waals surface area contributed by atoms with Gasteiger partial charge in [-0.05, 0) is 13.3 Å². The van der Waals surface area contributed by atoms with Crippen LogP contribution in [0.1, 0.15) is 19.8 Å². The molecule has 1 N–H and O–H groups in total. The molecule has 0 saturated carbocycles. The molecular weight excluding hydrogens is 236 g/mol. The average molecular weight is 258 g/mol. The van der Waals surface area contributed by atoms with Gasteiger partial charge in [0, 0.05) is 39.7 Å². The number of aliphatic hydroxyl groups is 1. The van der Waals surface area contributed by atoms with E-state index in [1.165, 1.54) is 7.11 Å². The normalized spacial score (nSPS) is 17.7. The first-order valence-corrected chi connectivity index (χ1v) is 6.27. The van der Waals surface area contributed by atoms with E-state index in [0.29, 0.717) is 39.0 Å². The second kappa shape index (κ2) is 7.33. The molecular formula is C12H22N2O4. The Bertz CT molecular complexity index is 286. The largest absolute Gasteiger partial charge is 0.393 e. The number of carbonyl (C=O) groups excluding carboxylic acids is 2. The first-order valence-electron chi connectivity index (χ1n) is 6.27. The van der Waals surface area contributed by atoms with Crippen LogP contribution in [0.2, 0.25) is 0 Å². The van der Waals surface area contributed by atoms with E-state index >= 15 is 0 Å². The van der Waals surface area contributed by atoms with Crippen LogP contribution < -0.4 is 0 Å². The number of hydrogen-bond donors (Lipinski definition) is 1. The molecule has 1 unspecified atom stereocenters. The van der Waals surface area contributed by atoms with E-state index in [4.69, 9.17) is 9.84 Å².